The molecule has 0 aliphatic carbocycles. The third-order valence-corrected chi connectivity index (χ3v) is 18.2. The van der Waals surface area contributed by atoms with E-state index in [4.69, 9.17) is 16.9 Å². The number of pyridine rings is 1. The van der Waals surface area contributed by atoms with Gasteiger partial charge in [0.25, 0.3) is 29.5 Å². The first kappa shape index (κ1) is 76.1. The third kappa shape index (κ3) is 19.9. The van der Waals surface area contributed by atoms with Gasteiger partial charge in [-0.05, 0) is 118 Å². The van der Waals surface area contributed by atoms with Crippen molar-refractivity contribution in [3.8, 4) is 63.1 Å². The van der Waals surface area contributed by atoms with Crippen LogP contribution in [0.25, 0.3) is 55.9 Å². The first-order valence-electron chi connectivity index (χ1n) is 34.2. The van der Waals surface area contributed by atoms with Crippen LogP contribution in [0.5, 0.6) is 5.75 Å². The normalized spacial score (nSPS) is 11.7. The number of para-hydroxylation sites is 3. The molecule has 26 heteroatoms. The van der Waals surface area contributed by atoms with E-state index in [0.717, 1.165) is 52.7 Å². The molecular formula is C83H87N17O8S. The molecule has 25 nitrogen and oxygen atoms in total. The molecule has 1 aliphatic rings. The zero-order valence-corrected chi connectivity index (χ0v) is 61.1. The molecule has 5 amide bonds. The van der Waals surface area contributed by atoms with E-state index in [0.29, 0.717) is 99.1 Å². The number of nitrogen functional groups attached to an aromatic ring is 1. The lowest BCUT2D eigenvalue weighted by atomic mass is 10.1. The molecule has 14 rings (SSSR count). The molecule has 0 radical (unpaired) electrons. The van der Waals surface area contributed by atoms with Gasteiger partial charge < -0.3 is 41.2 Å². The number of aromatic nitrogens is 10. The Morgan fingerprint density at radius 2 is 0.954 bits per heavy atom. The van der Waals surface area contributed by atoms with E-state index in [1.165, 1.54) is 18.3 Å². The van der Waals surface area contributed by atoms with Gasteiger partial charge in [0.2, 0.25) is 0 Å². The Labute approximate surface area is 638 Å². The second kappa shape index (κ2) is 35.6. The van der Waals surface area contributed by atoms with E-state index >= 15 is 0 Å². The number of aryl methyl sites for hydroxylation is 4. The van der Waals surface area contributed by atoms with Gasteiger partial charge in [0.1, 0.15) is 22.8 Å². The predicted octanol–water partition coefficient (Wildman–Crippen LogP) is 14.3. The van der Waals surface area contributed by atoms with Crippen LogP contribution in [0.2, 0.25) is 0 Å². The molecule has 1 aliphatic heterocycles. The quantitative estimate of drug-likeness (QED) is 0.0561. The van der Waals surface area contributed by atoms with E-state index in [-0.39, 0.29) is 60.0 Å². The Kier molecular flexibility index (Phi) is 24.9. The number of rotatable bonds is 16. The highest BCUT2D eigenvalue weighted by Gasteiger charge is 2.24. The van der Waals surface area contributed by atoms with Gasteiger partial charge in [-0.25, -0.2) is 33.3 Å². The summed E-state index contributed by atoms with van der Waals surface area (Å²) in [6.45, 7) is 8.72. The largest absolute Gasteiger partial charge is 0.497 e. The molecule has 0 unspecified atom stereocenters. The Morgan fingerprint density at radius 1 is 0.505 bits per heavy atom. The van der Waals surface area contributed by atoms with Crippen LogP contribution in [0.3, 0.4) is 0 Å². The minimum Gasteiger partial charge on any atom is -0.497 e. The molecule has 558 valence electrons. The van der Waals surface area contributed by atoms with Crippen LogP contribution in [0.15, 0.2) is 248 Å². The highest BCUT2D eigenvalue weighted by Crippen LogP contribution is 2.28. The van der Waals surface area contributed by atoms with Crippen LogP contribution in [0.4, 0.5) is 28.6 Å². The second-order valence-corrected chi connectivity index (χ2v) is 26.8. The summed E-state index contributed by atoms with van der Waals surface area (Å²) >= 11 is 0. The molecule has 0 spiro atoms. The molecule has 1 fully saturated rings. The number of hydrogen-bond acceptors (Lipinski definition) is 19. The number of fused-ring (bicyclic) bond motifs is 1. The molecule has 0 saturated carbocycles. The third-order valence-electron chi connectivity index (χ3n) is 17.1. The van der Waals surface area contributed by atoms with E-state index in [1.807, 2.05) is 144 Å². The van der Waals surface area contributed by atoms with Crippen LogP contribution in [0, 0.1) is 33.1 Å². The lowest BCUT2D eigenvalue weighted by Gasteiger charge is -2.33. The van der Waals surface area contributed by atoms with Gasteiger partial charge in [-0.2, -0.15) is 0 Å². The summed E-state index contributed by atoms with van der Waals surface area (Å²) < 4.78 is 30.2. The summed E-state index contributed by atoms with van der Waals surface area (Å²) in [7, 11) is 0.260. The molecule has 109 heavy (non-hydrogen) atoms. The smallest absolute Gasteiger partial charge is 0.278 e. The fraction of sp³-hybridized carbons (Fsp3) is 0.133. The number of hydrogen-bond donors (Lipinski definition) is 5. The molecule has 13 aromatic rings. The zero-order valence-electron chi connectivity index (χ0n) is 60.3. The minimum atomic E-state index is -3.26. The number of nitrogens with zero attached hydrogens (tertiary/aromatic N) is 12. The van der Waals surface area contributed by atoms with Crippen molar-refractivity contribution in [1.29, 1.82) is 0 Å². The monoisotopic (exact) mass is 1480 g/mol. The molecule has 7 heterocycles. The van der Waals surface area contributed by atoms with Gasteiger partial charge in [0.15, 0.2) is 21.3 Å². The number of piperazine rings is 1. The van der Waals surface area contributed by atoms with Gasteiger partial charge in [0.05, 0.1) is 94.4 Å². The maximum absolute atomic E-state index is 12.9. The average molecular weight is 1480 g/mol. The van der Waals surface area contributed by atoms with Crippen molar-refractivity contribution >= 4 is 78.8 Å². The summed E-state index contributed by atoms with van der Waals surface area (Å²) in [6.07, 6.45) is 18.2. The van der Waals surface area contributed by atoms with Crippen molar-refractivity contribution in [3.05, 3.63) is 289 Å². The Morgan fingerprint density at radius 3 is 1.44 bits per heavy atom. The van der Waals surface area contributed by atoms with Gasteiger partial charge in [0, 0.05) is 117 Å². The highest BCUT2D eigenvalue weighted by molar-refractivity contribution is 7.90. The number of benzene rings is 7. The first-order valence-corrected chi connectivity index (χ1v) is 36.1. The van der Waals surface area contributed by atoms with Gasteiger partial charge in [-0.3, -0.25) is 48.8 Å². The fourth-order valence-electron chi connectivity index (χ4n) is 11.2. The molecule has 1 saturated heterocycles. The van der Waals surface area contributed by atoms with Crippen molar-refractivity contribution in [1.82, 2.24) is 59.2 Å². The van der Waals surface area contributed by atoms with Crippen molar-refractivity contribution in [2.75, 3.05) is 73.1 Å². The molecular weight excluding hydrogens is 1400 g/mol. The van der Waals surface area contributed by atoms with Gasteiger partial charge in [-0.15, -0.1) is 6.42 Å². The van der Waals surface area contributed by atoms with Crippen LogP contribution < -0.4 is 31.7 Å². The maximum atomic E-state index is 12.9. The molecule has 0 atom stereocenters. The number of methoxy groups -OCH3 is 1. The van der Waals surface area contributed by atoms with Crippen LogP contribution >= 0.6 is 0 Å². The predicted molar refractivity (Wildman–Crippen MR) is 434 cm³/mol. The van der Waals surface area contributed by atoms with Crippen LogP contribution in [0.1, 0.15) is 78.0 Å². The number of ether oxygens (including phenoxy) is 1. The number of anilines is 5. The Hall–Kier alpha value is -14.0. The number of nitrogens with one attached hydrogen (secondary N) is 4. The first-order chi connectivity index (χ1) is 52.7. The lowest BCUT2D eigenvalue weighted by Crippen LogP contribution is -2.48. The summed E-state index contributed by atoms with van der Waals surface area (Å²) in [4.78, 5) is 107. The highest BCUT2D eigenvalue weighted by atomic mass is 32.2. The number of carbonyl (C=O) groups excluding carboxylic acids is 5. The van der Waals surface area contributed by atoms with Crippen molar-refractivity contribution in [3.63, 3.8) is 0 Å². The second-order valence-electron chi connectivity index (χ2n) is 24.8. The van der Waals surface area contributed by atoms with Crippen molar-refractivity contribution < 1.29 is 45.7 Å². The SMILES string of the molecule is C#CCN1CCN(C(=O)c2ccc(-c3cnc(C)c(C(=O)Nc4ccccc4)n3)cc2)CC1.COc1ccc(NC(=O)c2nc(-c3ccccc3)cnc2C)cc1.Cc1ncc(-c2ccc(S(C)(=O)=O)cc2)nc1C(=O)Nc1ccccc1.Cn1ccc2cccc(NC(=O)c3nc(-c4cccnc4)cnc3N)c21.[HH].[HH].[HH].[HH].[HH].[HH]. The van der Waals surface area contributed by atoms with Crippen LogP contribution in [-0.4, -0.2) is 143 Å². The molecule has 6 aromatic heterocycles. The van der Waals surface area contributed by atoms with E-state index < -0.39 is 15.7 Å². The zero-order chi connectivity index (χ0) is 77.0. The Bertz CT molecular complexity index is 5590. The van der Waals surface area contributed by atoms with E-state index in [9.17, 15) is 32.4 Å². The van der Waals surface area contributed by atoms with Crippen molar-refractivity contribution in [2.24, 2.45) is 7.05 Å². The van der Waals surface area contributed by atoms with Gasteiger partial charge in [-0.1, -0.05) is 109 Å². The number of sulfone groups is 1. The number of amides is 5. The average Bonchev–Trinajstić information content (AvgIpc) is 1.41. The van der Waals surface area contributed by atoms with Crippen molar-refractivity contribution in [2.45, 2.75) is 25.7 Å². The standard InChI is InChI=1S/C26H25N5O2.C19H16N6O.C19H17N3O3S.C19H17N3O2.6H2/c1-3-13-30-14-16-31(17-15-30)26(33)21-11-9-20(10-12-21)23-18-27-19(2)24(29-23)25(32)28-22-7-5-4-6-8-22;1-25-9-7-12-4-2-6-14(17(12)25)24-19(26)16-18(20)22-11-15(23-16)13-5-3-8-21-10-13;1-13-18(19(23)21-15-6-4-3-5-7-15)22-17(12-20-13)14-8-10-16(11-9-14)26(2,24)25;1-13-18(19(23)21-15-8-10-16(24-2)11-9-15)22-17(12-20-13)14-6-4-3-5-7-14;;;;;;/h1,4-12,18H,13-17H2,2H3,(H,28,32);2-11H,1H3,(H2,20,22)(H,24,26);3-12H,1-2H3,(H,21,23);3-12H,1-2H3,(H,21,23);6*1H. The summed E-state index contributed by atoms with van der Waals surface area (Å²) in [5.41, 5.74) is 18.1. The van der Waals surface area contributed by atoms with E-state index in [1.54, 1.807) is 126 Å². The Balaban J connectivity index is 0.000000271. The number of terminal acetylenes is 1. The van der Waals surface area contributed by atoms with Crippen LogP contribution in [-0.2, 0) is 16.9 Å². The molecule has 7 aromatic carbocycles. The lowest BCUT2D eigenvalue weighted by molar-refractivity contribution is 0.0651. The maximum Gasteiger partial charge on any atom is 0.278 e. The fourth-order valence-corrected chi connectivity index (χ4v) is 11.9. The minimum absolute atomic E-state index is 0. The number of carbonyl (C=O) groups is 5. The topological polar surface area (TPSA) is 330 Å². The molecule has 0 bridgehead atoms. The summed E-state index contributed by atoms with van der Waals surface area (Å²) in [5.74, 6) is 2.09. The van der Waals surface area contributed by atoms with E-state index in [2.05, 4.69) is 76.9 Å². The summed E-state index contributed by atoms with van der Waals surface area (Å²) in [5, 5.41) is 12.4. The molecule has 6 N–H and O–H groups in total. The number of nitrogens with two attached hydrogens (primary N) is 1. The van der Waals surface area contributed by atoms with Gasteiger partial charge >= 0.3 is 0 Å². The summed E-state index contributed by atoms with van der Waals surface area (Å²) in [6, 6.07) is 60.0.